The third kappa shape index (κ3) is 8.82. The summed E-state index contributed by atoms with van der Waals surface area (Å²) in [5, 5.41) is 2.29. The van der Waals surface area contributed by atoms with Gasteiger partial charge in [0.15, 0.2) is 0 Å². The van der Waals surface area contributed by atoms with E-state index in [4.69, 9.17) is 9.72 Å². The quantitative estimate of drug-likeness (QED) is 0.129. The molecule has 0 bridgehead atoms. The SMILES string of the molecule is CC(C)(C)c1cc(-c2ccccc2)cc(N2CN(c3cccc(Oc4ccc5c6cc(-c7ccccc7)ccc6n(-c6cc(C(C)(C)c7ccccc7)ccn6)c5c4)c3)c3ccc(C(C)(C)c4ccccc4)cc32)c1. The average Bonchev–Trinajstić information content (AvgIpc) is 4.00. The van der Waals surface area contributed by atoms with E-state index in [1.807, 2.05) is 6.20 Å². The maximum Gasteiger partial charge on any atom is 0.137 e. The van der Waals surface area contributed by atoms with Gasteiger partial charge in [-0.1, -0.05) is 194 Å². The van der Waals surface area contributed by atoms with Crippen LogP contribution >= 0.6 is 0 Å². The summed E-state index contributed by atoms with van der Waals surface area (Å²) in [6, 6.07) is 83.3. The highest BCUT2D eigenvalue weighted by Crippen LogP contribution is 2.49. The van der Waals surface area contributed by atoms with Gasteiger partial charge < -0.3 is 14.5 Å². The van der Waals surface area contributed by atoms with E-state index in [0.29, 0.717) is 6.67 Å². The van der Waals surface area contributed by atoms with E-state index in [-0.39, 0.29) is 16.2 Å². The molecule has 2 aromatic heterocycles. The minimum absolute atomic E-state index is 0.0626. The van der Waals surface area contributed by atoms with Crippen LogP contribution in [0.25, 0.3) is 49.9 Å². The number of hydrogen-bond acceptors (Lipinski definition) is 4. The van der Waals surface area contributed by atoms with Crippen molar-refractivity contribution >= 4 is 44.6 Å². The molecule has 0 amide bonds. The van der Waals surface area contributed by atoms with E-state index < -0.39 is 0 Å². The summed E-state index contributed by atoms with van der Waals surface area (Å²) in [5.74, 6) is 2.37. The van der Waals surface area contributed by atoms with E-state index in [1.165, 1.54) is 55.8 Å². The van der Waals surface area contributed by atoms with Gasteiger partial charge in [-0.05, 0) is 128 Å². The van der Waals surface area contributed by atoms with E-state index in [0.717, 1.165) is 56.2 Å². The number of nitrogens with zero attached hydrogens (tertiary/aromatic N) is 4. The standard InChI is InChI=1S/C70H62N4O/c1-68(2,3)56-39-51(49-23-14-9-15-24-49)40-58(42-56)73-47-72(64-36-32-54(43-66(64)73)69(4,5)52-25-16-10-17-26-52)57-29-20-30-59(45-57)75-60-33-34-61-62-41-50(48-21-12-8-13-22-48)31-35-63(62)74(65(61)46-60)67-44-55(37-38-71-67)70(6,7)53-27-18-11-19-28-53/h8-46H,47H2,1-7H3. The number of benzene rings is 9. The predicted molar refractivity (Wildman–Crippen MR) is 314 cm³/mol. The van der Waals surface area contributed by atoms with Gasteiger partial charge in [-0.15, -0.1) is 0 Å². The molecular weight excluding hydrogens is 913 g/mol. The highest BCUT2D eigenvalue weighted by atomic mass is 16.5. The number of ether oxygens (including phenoxy) is 1. The zero-order chi connectivity index (χ0) is 51.5. The van der Waals surface area contributed by atoms with Crippen LogP contribution in [0.1, 0.15) is 76.3 Å². The summed E-state index contributed by atoms with van der Waals surface area (Å²) >= 11 is 0. The maximum absolute atomic E-state index is 6.96. The van der Waals surface area contributed by atoms with Crippen LogP contribution in [-0.4, -0.2) is 16.2 Å². The van der Waals surface area contributed by atoms with E-state index in [1.54, 1.807) is 0 Å². The number of hydrogen-bond donors (Lipinski definition) is 0. The van der Waals surface area contributed by atoms with Crippen LogP contribution in [0.2, 0.25) is 0 Å². The minimum Gasteiger partial charge on any atom is -0.457 e. The summed E-state index contributed by atoms with van der Waals surface area (Å²) in [6.45, 7) is 16.8. The summed E-state index contributed by atoms with van der Waals surface area (Å²) in [5.41, 5.74) is 17.2. The Morgan fingerprint density at radius 3 is 1.65 bits per heavy atom. The molecule has 0 N–H and O–H groups in total. The van der Waals surface area contributed by atoms with Crippen molar-refractivity contribution in [2.45, 2.75) is 64.7 Å². The summed E-state index contributed by atoms with van der Waals surface area (Å²) in [4.78, 5) is 9.99. The van der Waals surface area contributed by atoms with Crippen molar-refractivity contribution in [3.05, 3.63) is 265 Å². The first-order valence-electron chi connectivity index (χ1n) is 26.2. The number of anilines is 4. The second kappa shape index (κ2) is 18.7. The molecule has 0 spiro atoms. The monoisotopic (exact) mass is 974 g/mol. The summed E-state index contributed by atoms with van der Waals surface area (Å²) < 4.78 is 9.26. The van der Waals surface area contributed by atoms with Crippen LogP contribution in [0.5, 0.6) is 11.5 Å². The molecule has 0 aliphatic carbocycles. The molecule has 0 saturated heterocycles. The molecule has 0 saturated carbocycles. The summed E-state index contributed by atoms with van der Waals surface area (Å²) in [6.07, 6.45) is 1.95. The van der Waals surface area contributed by atoms with Crippen LogP contribution in [0.3, 0.4) is 0 Å². The lowest BCUT2D eigenvalue weighted by atomic mass is 9.78. The van der Waals surface area contributed by atoms with E-state index in [9.17, 15) is 0 Å². The zero-order valence-corrected chi connectivity index (χ0v) is 43.9. The number of pyridine rings is 1. The van der Waals surface area contributed by atoms with E-state index in [2.05, 4.69) is 293 Å². The first-order chi connectivity index (χ1) is 36.3. The molecule has 5 nitrogen and oxygen atoms in total. The van der Waals surface area contributed by atoms with Crippen molar-refractivity contribution in [1.29, 1.82) is 0 Å². The topological polar surface area (TPSA) is 33.5 Å². The van der Waals surface area contributed by atoms with Gasteiger partial charge in [-0.25, -0.2) is 4.98 Å². The molecule has 3 heterocycles. The zero-order valence-electron chi connectivity index (χ0n) is 43.9. The normalized spacial score (nSPS) is 12.9. The fraction of sp³-hybridized carbons (Fsp3) is 0.157. The lowest BCUT2D eigenvalue weighted by Gasteiger charge is -2.28. The van der Waals surface area contributed by atoms with Gasteiger partial charge in [0.25, 0.3) is 0 Å². The smallest absolute Gasteiger partial charge is 0.137 e. The first-order valence-corrected chi connectivity index (χ1v) is 26.2. The van der Waals surface area contributed by atoms with Crippen molar-refractivity contribution in [3.8, 4) is 39.6 Å². The molecule has 5 heteroatoms. The third-order valence-electron chi connectivity index (χ3n) is 15.7. The van der Waals surface area contributed by atoms with Crippen molar-refractivity contribution in [2.24, 2.45) is 0 Å². The number of fused-ring (bicyclic) bond motifs is 4. The fourth-order valence-electron chi connectivity index (χ4n) is 11.0. The molecule has 1 aliphatic rings. The molecule has 1 aliphatic heterocycles. The van der Waals surface area contributed by atoms with Gasteiger partial charge in [0, 0.05) is 51.3 Å². The summed E-state index contributed by atoms with van der Waals surface area (Å²) in [7, 11) is 0. The van der Waals surface area contributed by atoms with Crippen molar-refractivity contribution < 1.29 is 4.74 Å². The van der Waals surface area contributed by atoms with Crippen molar-refractivity contribution in [3.63, 3.8) is 0 Å². The second-order valence-corrected chi connectivity index (χ2v) is 22.2. The lowest BCUT2D eigenvalue weighted by molar-refractivity contribution is 0.483. The molecule has 75 heavy (non-hydrogen) atoms. The predicted octanol–water partition coefficient (Wildman–Crippen LogP) is 18.5. The Labute approximate surface area is 442 Å². The van der Waals surface area contributed by atoms with Gasteiger partial charge in [0.1, 0.15) is 24.0 Å². The van der Waals surface area contributed by atoms with Gasteiger partial charge in [0.2, 0.25) is 0 Å². The molecule has 0 fully saturated rings. The Hall–Kier alpha value is -8.67. The largest absolute Gasteiger partial charge is 0.457 e. The van der Waals surface area contributed by atoms with Crippen molar-refractivity contribution in [2.75, 3.05) is 16.5 Å². The Morgan fingerprint density at radius 1 is 0.373 bits per heavy atom. The van der Waals surface area contributed by atoms with Gasteiger partial charge in [-0.2, -0.15) is 0 Å². The Bertz CT molecular complexity index is 3870. The molecule has 9 aromatic carbocycles. The van der Waals surface area contributed by atoms with Crippen LogP contribution in [0, 0.1) is 0 Å². The van der Waals surface area contributed by atoms with Crippen molar-refractivity contribution in [1.82, 2.24) is 9.55 Å². The van der Waals surface area contributed by atoms with Crippen LogP contribution in [0.15, 0.2) is 237 Å². The molecule has 0 atom stereocenters. The Morgan fingerprint density at radius 2 is 0.987 bits per heavy atom. The molecule has 368 valence electrons. The van der Waals surface area contributed by atoms with Crippen LogP contribution in [-0.2, 0) is 16.2 Å². The molecule has 11 aromatic rings. The Kier molecular flexibility index (Phi) is 11.8. The van der Waals surface area contributed by atoms with Gasteiger partial charge >= 0.3 is 0 Å². The number of aromatic nitrogens is 2. The molecule has 0 unspecified atom stereocenters. The van der Waals surface area contributed by atoms with E-state index >= 15 is 0 Å². The fourth-order valence-corrected chi connectivity index (χ4v) is 11.0. The maximum atomic E-state index is 6.96. The average molecular weight is 975 g/mol. The lowest BCUT2D eigenvalue weighted by Crippen LogP contribution is -2.24. The third-order valence-corrected chi connectivity index (χ3v) is 15.7. The Balaban J connectivity index is 0.946. The molecular formula is C70H62N4O. The highest BCUT2D eigenvalue weighted by Gasteiger charge is 2.33. The minimum atomic E-state index is -0.243. The first kappa shape index (κ1) is 47.3. The van der Waals surface area contributed by atoms with Gasteiger partial charge in [0.05, 0.1) is 22.4 Å². The molecule has 12 rings (SSSR count). The second-order valence-electron chi connectivity index (χ2n) is 22.2. The number of rotatable bonds is 11. The highest BCUT2D eigenvalue weighted by molar-refractivity contribution is 6.10. The molecule has 0 radical (unpaired) electrons. The van der Waals surface area contributed by atoms with Crippen LogP contribution < -0.4 is 14.5 Å². The van der Waals surface area contributed by atoms with Crippen LogP contribution in [0.4, 0.5) is 22.7 Å². The van der Waals surface area contributed by atoms with Gasteiger partial charge in [-0.3, -0.25) is 4.57 Å².